The Morgan fingerprint density at radius 1 is 1.02 bits per heavy atom. The van der Waals surface area contributed by atoms with E-state index in [0.717, 1.165) is 37.3 Å². The molecule has 1 aliphatic rings. The summed E-state index contributed by atoms with van der Waals surface area (Å²) in [6, 6.07) is 13.6. The van der Waals surface area contributed by atoms with Crippen LogP contribution in [-0.4, -0.2) is 78.2 Å². The van der Waals surface area contributed by atoms with Gasteiger partial charge in [0, 0.05) is 44.1 Å². The first-order valence-electron chi connectivity index (χ1n) is 15.5. The molecule has 1 aliphatic heterocycles. The number of likely N-dealkylation sites (N-methyl/N-ethyl adjacent to an activating group) is 1. The minimum Gasteiger partial charge on any atom is -0.438 e. The third kappa shape index (κ3) is 8.54. The average Bonchev–Trinajstić information content (AvgIpc) is 3.08. The zero-order valence-corrected chi connectivity index (χ0v) is 26.6. The molecule has 1 amide bonds. The third-order valence-electron chi connectivity index (χ3n) is 7.89. The minimum absolute atomic E-state index is 0.0621. The lowest BCUT2D eigenvalue weighted by atomic mass is 10.1. The van der Waals surface area contributed by atoms with E-state index in [0.29, 0.717) is 61.5 Å². The number of anilines is 3. The fraction of sp³-hybridized carbons (Fsp3) is 0.353. The van der Waals surface area contributed by atoms with Crippen LogP contribution in [0.4, 0.5) is 30.5 Å². The number of alkyl halides is 3. The number of carbonyl (C=O) groups is 1. The Labute approximate surface area is 272 Å². The van der Waals surface area contributed by atoms with Crippen LogP contribution < -0.4 is 20.3 Å². The second-order valence-electron chi connectivity index (χ2n) is 10.9. The first kappa shape index (κ1) is 33.6. The van der Waals surface area contributed by atoms with Gasteiger partial charge in [-0.15, -0.1) is 0 Å². The van der Waals surface area contributed by atoms with Gasteiger partial charge in [0.05, 0.1) is 41.4 Å². The van der Waals surface area contributed by atoms with E-state index < -0.39 is 17.6 Å². The van der Waals surface area contributed by atoms with Crippen LogP contribution in [0.5, 0.6) is 11.6 Å². The molecule has 248 valence electrons. The number of morpholine rings is 1. The zero-order chi connectivity index (χ0) is 33.4. The number of hydrogen-bond acceptors (Lipinski definition) is 9. The highest BCUT2D eigenvalue weighted by molar-refractivity contribution is 6.06. The maximum atomic E-state index is 13.6. The Bertz CT molecular complexity index is 1680. The summed E-state index contributed by atoms with van der Waals surface area (Å²) in [6.45, 7) is 11.4. The molecule has 0 aliphatic carbocycles. The standard InChI is InChI=1S/C34H38F3N7O3/c1-4-43(5-2)16-15-40-33-39-14-12-27(42-33)26-7-6-13-38-32(26)47-30-21-24(9-8-23(30)3)31(45)41-28-22-25(34(35,36)37)10-11-29(28)44-17-19-46-20-18-44/h6-14,21-22H,4-5,15-20H2,1-3H3,(H,41,45)(H,39,40,42). The SMILES string of the molecule is CCN(CC)CCNc1nccc(-c2cccnc2Oc2cc(C(=O)Nc3cc(C(F)(F)F)ccc3N3CCOCC3)ccc2C)n1. The molecule has 2 N–H and O–H groups in total. The fourth-order valence-electron chi connectivity index (χ4n) is 5.17. The van der Waals surface area contributed by atoms with Gasteiger partial charge in [-0.2, -0.15) is 13.2 Å². The summed E-state index contributed by atoms with van der Waals surface area (Å²) in [6.07, 6.45) is -1.32. The normalized spacial score (nSPS) is 13.5. The number of nitrogens with one attached hydrogen (secondary N) is 2. The lowest BCUT2D eigenvalue weighted by molar-refractivity contribution is -0.137. The average molecular weight is 650 g/mol. The number of aryl methyl sites for hydroxylation is 1. The predicted molar refractivity (Wildman–Crippen MR) is 175 cm³/mol. The van der Waals surface area contributed by atoms with Gasteiger partial charge in [-0.25, -0.2) is 15.0 Å². The van der Waals surface area contributed by atoms with Crippen molar-refractivity contribution in [3.8, 4) is 22.9 Å². The Morgan fingerprint density at radius 3 is 2.55 bits per heavy atom. The monoisotopic (exact) mass is 649 g/mol. The Morgan fingerprint density at radius 2 is 1.81 bits per heavy atom. The van der Waals surface area contributed by atoms with Crippen molar-refractivity contribution in [1.29, 1.82) is 0 Å². The van der Waals surface area contributed by atoms with Gasteiger partial charge in [0.15, 0.2) is 0 Å². The van der Waals surface area contributed by atoms with Gasteiger partial charge in [0.1, 0.15) is 5.75 Å². The van der Waals surface area contributed by atoms with E-state index in [4.69, 9.17) is 9.47 Å². The molecule has 0 radical (unpaired) electrons. The van der Waals surface area contributed by atoms with E-state index in [1.807, 2.05) is 17.9 Å². The number of ether oxygens (including phenoxy) is 2. The number of halogens is 3. The van der Waals surface area contributed by atoms with Gasteiger partial charge in [0.2, 0.25) is 11.8 Å². The van der Waals surface area contributed by atoms with Gasteiger partial charge < -0.3 is 29.9 Å². The first-order valence-corrected chi connectivity index (χ1v) is 15.5. The number of aromatic nitrogens is 3. The molecule has 5 rings (SSSR count). The zero-order valence-electron chi connectivity index (χ0n) is 26.6. The van der Waals surface area contributed by atoms with Crippen LogP contribution in [0.25, 0.3) is 11.3 Å². The van der Waals surface area contributed by atoms with Gasteiger partial charge in [-0.05, 0) is 74.1 Å². The summed E-state index contributed by atoms with van der Waals surface area (Å²) in [5.74, 6) is 0.529. The van der Waals surface area contributed by atoms with E-state index >= 15 is 0 Å². The molecule has 2 aromatic carbocycles. The van der Waals surface area contributed by atoms with Crippen molar-refractivity contribution >= 4 is 23.2 Å². The summed E-state index contributed by atoms with van der Waals surface area (Å²) in [7, 11) is 0. The maximum Gasteiger partial charge on any atom is 0.416 e. The number of rotatable bonds is 12. The molecule has 4 aromatic rings. The Kier molecular flexibility index (Phi) is 10.9. The molecule has 47 heavy (non-hydrogen) atoms. The van der Waals surface area contributed by atoms with Crippen molar-refractivity contribution in [2.24, 2.45) is 0 Å². The number of carbonyl (C=O) groups excluding carboxylic acids is 1. The van der Waals surface area contributed by atoms with Crippen molar-refractivity contribution in [2.75, 3.05) is 68.0 Å². The Hall–Kier alpha value is -4.75. The summed E-state index contributed by atoms with van der Waals surface area (Å²) < 4.78 is 52.5. The van der Waals surface area contributed by atoms with Crippen LogP contribution in [0.15, 0.2) is 67.0 Å². The smallest absolute Gasteiger partial charge is 0.416 e. The van der Waals surface area contributed by atoms with Crippen LogP contribution in [0.2, 0.25) is 0 Å². The van der Waals surface area contributed by atoms with E-state index in [-0.39, 0.29) is 17.1 Å². The molecule has 13 heteroatoms. The summed E-state index contributed by atoms with van der Waals surface area (Å²) in [5, 5.41) is 5.97. The summed E-state index contributed by atoms with van der Waals surface area (Å²) in [4.78, 5) is 31.1. The molecule has 0 bridgehead atoms. The number of hydrogen-bond donors (Lipinski definition) is 2. The highest BCUT2D eigenvalue weighted by atomic mass is 19.4. The fourth-order valence-corrected chi connectivity index (χ4v) is 5.17. The topological polar surface area (TPSA) is 105 Å². The second-order valence-corrected chi connectivity index (χ2v) is 10.9. The third-order valence-corrected chi connectivity index (χ3v) is 7.89. The molecule has 3 heterocycles. The van der Waals surface area contributed by atoms with E-state index in [9.17, 15) is 18.0 Å². The molecule has 1 fully saturated rings. The van der Waals surface area contributed by atoms with Crippen LogP contribution in [0.1, 0.15) is 35.3 Å². The Balaban J connectivity index is 1.37. The summed E-state index contributed by atoms with van der Waals surface area (Å²) in [5.41, 5.74) is 1.85. The van der Waals surface area contributed by atoms with Crippen molar-refractivity contribution in [1.82, 2.24) is 19.9 Å². The maximum absolute atomic E-state index is 13.6. The molecule has 0 atom stereocenters. The largest absolute Gasteiger partial charge is 0.438 e. The molecule has 0 saturated carbocycles. The molecule has 1 saturated heterocycles. The van der Waals surface area contributed by atoms with Crippen LogP contribution in [0.3, 0.4) is 0 Å². The van der Waals surface area contributed by atoms with Gasteiger partial charge in [0.25, 0.3) is 5.91 Å². The van der Waals surface area contributed by atoms with Gasteiger partial charge in [-0.3, -0.25) is 4.79 Å². The number of benzene rings is 2. The van der Waals surface area contributed by atoms with E-state index in [1.54, 1.807) is 42.7 Å². The van der Waals surface area contributed by atoms with Crippen molar-refractivity contribution in [3.63, 3.8) is 0 Å². The van der Waals surface area contributed by atoms with Crippen molar-refractivity contribution in [2.45, 2.75) is 26.9 Å². The molecule has 0 unspecified atom stereocenters. The molecule has 2 aromatic heterocycles. The molecular weight excluding hydrogens is 611 g/mol. The number of pyridine rings is 1. The number of nitrogens with zero attached hydrogens (tertiary/aromatic N) is 5. The van der Waals surface area contributed by atoms with Crippen molar-refractivity contribution < 1.29 is 27.4 Å². The molecule has 0 spiro atoms. The quantitative estimate of drug-likeness (QED) is 0.178. The van der Waals surface area contributed by atoms with Gasteiger partial charge >= 0.3 is 6.18 Å². The minimum atomic E-state index is -4.57. The highest BCUT2D eigenvalue weighted by Crippen LogP contribution is 2.37. The lowest BCUT2D eigenvalue weighted by Crippen LogP contribution is -2.36. The van der Waals surface area contributed by atoms with E-state index in [2.05, 4.69) is 44.3 Å². The van der Waals surface area contributed by atoms with Crippen LogP contribution >= 0.6 is 0 Å². The first-order chi connectivity index (χ1) is 22.7. The predicted octanol–water partition coefficient (Wildman–Crippen LogP) is 6.50. The lowest BCUT2D eigenvalue weighted by Gasteiger charge is -2.31. The van der Waals surface area contributed by atoms with Crippen molar-refractivity contribution in [3.05, 3.63) is 83.7 Å². The molecular formula is C34H38F3N7O3. The molecule has 10 nitrogen and oxygen atoms in total. The van der Waals surface area contributed by atoms with Crippen LogP contribution in [-0.2, 0) is 10.9 Å². The highest BCUT2D eigenvalue weighted by Gasteiger charge is 2.32. The van der Waals surface area contributed by atoms with Crippen LogP contribution in [0, 0.1) is 6.92 Å². The second kappa shape index (κ2) is 15.2. The number of amides is 1. The van der Waals surface area contributed by atoms with Gasteiger partial charge in [-0.1, -0.05) is 19.9 Å². The van der Waals surface area contributed by atoms with E-state index in [1.165, 1.54) is 6.07 Å². The summed E-state index contributed by atoms with van der Waals surface area (Å²) >= 11 is 0.